The molecule has 0 unspecified atom stereocenters. The number of benzene rings is 2. The van der Waals surface area contributed by atoms with Crippen LogP contribution < -0.4 is 9.46 Å². The van der Waals surface area contributed by atoms with Gasteiger partial charge in [-0.05, 0) is 63.2 Å². The molecule has 1 saturated heterocycles. The highest BCUT2D eigenvalue weighted by molar-refractivity contribution is 7.92. The van der Waals surface area contributed by atoms with Gasteiger partial charge in [0, 0.05) is 24.3 Å². The van der Waals surface area contributed by atoms with E-state index in [4.69, 9.17) is 21.1 Å². The lowest BCUT2D eigenvalue weighted by Crippen LogP contribution is -2.48. The average molecular weight is 453 g/mol. The first kappa shape index (κ1) is 22.4. The van der Waals surface area contributed by atoms with Gasteiger partial charge in [-0.1, -0.05) is 11.6 Å². The molecule has 0 radical (unpaired) electrons. The molecule has 0 spiro atoms. The lowest BCUT2D eigenvalue weighted by atomic mass is 10.1. The number of hydrogen-bond donors (Lipinski definition) is 1. The van der Waals surface area contributed by atoms with E-state index in [-0.39, 0.29) is 33.6 Å². The number of ether oxygens (including phenoxy) is 2. The van der Waals surface area contributed by atoms with Gasteiger partial charge in [-0.25, -0.2) is 8.42 Å². The van der Waals surface area contributed by atoms with Crippen molar-refractivity contribution < 1.29 is 22.7 Å². The number of morpholine rings is 1. The van der Waals surface area contributed by atoms with Crippen molar-refractivity contribution in [1.29, 1.82) is 0 Å². The molecule has 162 valence electrons. The summed E-state index contributed by atoms with van der Waals surface area (Å²) in [5.74, 6) is 0.381. The highest BCUT2D eigenvalue weighted by atomic mass is 35.5. The first-order valence-electron chi connectivity index (χ1n) is 9.69. The minimum absolute atomic E-state index is 0.0358. The van der Waals surface area contributed by atoms with Crippen molar-refractivity contribution in [1.82, 2.24) is 4.90 Å². The van der Waals surface area contributed by atoms with E-state index in [0.29, 0.717) is 31.1 Å². The van der Waals surface area contributed by atoms with Gasteiger partial charge in [0.25, 0.3) is 15.9 Å². The largest absolute Gasteiger partial charge is 0.494 e. The molecule has 0 saturated carbocycles. The van der Waals surface area contributed by atoms with Gasteiger partial charge < -0.3 is 14.4 Å². The van der Waals surface area contributed by atoms with Gasteiger partial charge in [-0.2, -0.15) is 0 Å². The van der Waals surface area contributed by atoms with E-state index in [1.165, 1.54) is 18.2 Å². The van der Waals surface area contributed by atoms with Gasteiger partial charge in [0.15, 0.2) is 0 Å². The number of sulfonamides is 1. The summed E-state index contributed by atoms with van der Waals surface area (Å²) in [6.07, 6.45) is -0.177. The normalized spacial score (nSPS) is 19.4. The number of nitrogens with zero attached hydrogens (tertiary/aromatic N) is 1. The van der Waals surface area contributed by atoms with Crippen LogP contribution in [0.1, 0.15) is 31.1 Å². The Morgan fingerprint density at radius 2 is 1.80 bits per heavy atom. The molecule has 7 nitrogen and oxygen atoms in total. The van der Waals surface area contributed by atoms with Crippen LogP contribution in [0, 0.1) is 0 Å². The Morgan fingerprint density at radius 1 is 1.17 bits per heavy atom. The summed E-state index contributed by atoms with van der Waals surface area (Å²) < 4.78 is 39.3. The summed E-state index contributed by atoms with van der Waals surface area (Å²) in [7, 11) is -4.00. The van der Waals surface area contributed by atoms with Gasteiger partial charge >= 0.3 is 0 Å². The summed E-state index contributed by atoms with van der Waals surface area (Å²) in [5, 5.41) is 0.0358. The first-order chi connectivity index (χ1) is 14.2. The lowest BCUT2D eigenvalue weighted by Gasteiger charge is -2.35. The zero-order valence-corrected chi connectivity index (χ0v) is 18.7. The van der Waals surface area contributed by atoms with Crippen LogP contribution in [-0.4, -0.2) is 51.1 Å². The van der Waals surface area contributed by atoms with Crippen LogP contribution in [0.4, 0.5) is 5.69 Å². The second-order valence-corrected chi connectivity index (χ2v) is 9.23. The van der Waals surface area contributed by atoms with Crippen molar-refractivity contribution in [2.75, 3.05) is 24.4 Å². The number of carbonyl (C=O) groups is 1. The Labute approximate surface area is 182 Å². The maximum absolute atomic E-state index is 12.9. The third-order valence-electron chi connectivity index (χ3n) is 4.59. The standard InChI is InChI=1S/C21H25ClN2O5S/c1-4-28-18-8-6-17(7-9-18)23-30(26,27)20-11-16(5-10-19(20)22)21(25)24-12-14(2)29-15(3)13-24/h5-11,14-15,23H,4,12-13H2,1-3H3/t14-,15-/m0/s1. The molecule has 1 aliphatic heterocycles. The number of rotatable bonds is 6. The van der Waals surface area contributed by atoms with Crippen molar-refractivity contribution in [2.45, 2.75) is 37.9 Å². The zero-order chi connectivity index (χ0) is 21.9. The van der Waals surface area contributed by atoms with Gasteiger partial charge in [0.2, 0.25) is 0 Å². The van der Waals surface area contributed by atoms with Crippen molar-refractivity contribution in [3.05, 3.63) is 53.1 Å². The fourth-order valence-corrected chi connectivity index (χ4v) is 4.95. The predicted octanol–water partition coefficient (Wildman–Crippen LogP) is 3.79. The number of halogens is 1. The molecule has 1 N–H and O–H groups in total. The molecule has 1 fully saturated rings. The Balaban J connectivity index is 1.83. The molecule has 1 heterocycles. The molecule has 0 bridgehead atoms. The number of nitrogens with one attached hydrogen (secondary N) is 1. The van der Waals surface area contributed by atoms with Crippen LogP contribution >= 0.6 is 11.6 Å². The third-order valence-corrected chi connectivity index (χ3v) is 6.45. The molecule has 1 amide bonds. The smallest absolute Gasteiger partial charge is 0.263 e. The fraction of sp³-hybridized carbons (Fsp3) is 0.381. The number of carbonyl (C=O) groups excluding carboxylic acids is 1. The van der Waals surface area contributed by atoms with E-state index in [2.05, 4.69) is 4.72 Å². The molecule has 9 heteroatoms. The lowest BCUT2D eigenvalue weighted by molar-refractivity contribution is -0.0586. The molecule has 2 aromatic rings. The van der Waals surface area contributed by atoms with Crippen LogP contribution in [0.25, 0.3) is 0 Å². The van der Waals surface area contributed by atoms with E-state index in [1.54, 1.807) is 29.2 Å². The SMILES string of the molecule is CCOc1ccc(NS(=O)(=O)c2cc(C(=O)N3C[C@H](C)O[C@@H](C)C3)ccc2Cl)cc1. The molecule has 2 atom stereocenters. The van der Waals surface area contributed by atoms with Crippen molar-refractivity contribution >= 4 is 33.2 Å². The minimum atomic E-state index is -4.00. The van der Waals surface area contributed by atoms with E-state index in [0.717, 1.165) is 0 Å². The zero-order valence-electron chi connectivity index (χ0n) is 17.1. The highest BCUT2D eigenvalue weighted by Gasteiger charge is 2.28. The summed E-state index contributed by atoms with van der Waals surface area (Å²) in [5.41, 5.74) is 0.620. The van der Waals surface area contributed by atoms with Gasteiger partial charge in [0.05, 0.1) is 23.8 Å². The second kappa shape index (κ2) is 9.24. The van der Waals surface area contributed by atoms with Gasteiger partial charge in [-0.3, -0.25) is 9.52 Å². The summed E-state index contributed by atoms with van der Waals surface area (Å²) >= 11 is 6.17. The molecule has 2 aromatic carbocycles. The first-order valence-corrected chi connectivity index (χ1v) is 11.6. The fourth-order valence-electron chi connectivity index (χ4n) is 3.36. The molecule has 0 aromatic heterocycles. The van der Waals surface area contributed by atoms with Crippen LogP contribution in [0.15, 0.2) is 47.4 Å². The summed E-state index contributed by atoms with van der Waals surface area (Å²) in [6, 6.07) is 10.8. The molecular weight excluding hydrogens is 428 g/mol. The van der Waals surface area contributed by atoms with Crippen molar-refractivity contribution in [3.63, 3.8) is 0 Å². The second-order valence-electron chi connectivity index (χ2n) is 7.18. The van der Waals surface area contributed by atoms with Crippen LogP contribution in [0.5, 0.6) is 5.75 Å². The molecular formula is C21H25ClN2O5S. The van der Waals surface area contributed by atoms with Crippen LogP contribution in [-0.2, 0) is 14.8 Å². The maximum atomic E-state index is 12.9. The summed E-state index contributed by atoms with van der Waals surface area (Å²) in [6.45, 7) is 7.06. The van der Waals surface area contributed by atoms with Gasteiger partial charge in [-0.15, -0.1) is 0 Å². The Hall–Kier alpha value is -2.29. The Kier molecular flexibility index (Phi) is 6.90. The predicted molar refractivity (Wildman–Crippen MR) is 116 cm³/mol. The Bertz CT molecular complexity index is 1000. The topological polar surface area (TPSA) is 84.9 Å². The highest BCUT2D eigenvalue weighted by Crippen LogP contribution is 2.27. The van der Waals surface area contributed by atoms with E-state index >= 15 is 0 Å². The molecule has 0 aliphatic carbocycles. The number of hydrogen-bond acceptors (Lipinski definition) is 5. The summed E-state index contributed by atoms with van der Waals surface area (Å²) in [4.78, 5) is 14.4. The minimum Gasteiger partial charge on any atom is -0.494 e. The number of anilines is 1. The van der Waals surface area contributed by atoms with Crippen molar-refractivity contribution in [3.8, 4) is 5.75 Å². The molecule has 30 heavy (non-hydrogen) atoms. The van der Waals surface area contributed by atoms with Gasteiger partial charge in [0.1, 0.15) is 10.6 Å². The van der Waals surface area contributed by atoms with Crippen LogP contribution in [0.3, 0.4) is 0 Å². The van der Waals surface area contributed by atoms with E-state index in [9.17, 15) is 13.2 Å². The average Bonchev–Trinajstić information content (AvgIpc) is 2.68. The monoisotopic (exact) mass is 452 g/mol. The molecule has 3 rings (SSSR count). The van der Waals surface area contributed by atoms with E-state index in [1.807, 2.05) is 20.8 Å². The molecule has 1 aliphatic rings. The van der Waals surface area contributed by atoms with E-state index < -0.39 is 10.0 Å². The Morgan fingerprint density at radius 3 is 2.40 bits per heavy atom. The maximum Gasteiger partial charge on any atom is 0.263 e. The number of amides is 1. The quantitative estimate of drug-likeness (QED) is 0.720. The van der Waals surface area contributed by atoms with Crippen molar-refractivity contribution in [2.24, 2.45) is 0 Å². The van der Waals surface area contributed by atoms with Crippen LogP contribution in [0.2, 0.25) is 5.02 Å². The third kappa shape index (κ3) is 5.24.